The highest BCUT2D eigenvalue weighted by Crippen LogP contribution is 2.35. The number of aromatic amines is 1. The molecule has 4 aliphatic rings. The van der Waals surface area contributed by atoms with E-state index in [-0.39, 0.29) is 29.9 Å². The van der Waals surface area contributed by atoms with E-state index in [0.717, 1.165) is 46.0 Å². The Bertz CT molecular complexity index is 2450. The van der Waals surface area contributed by atoms with Crippen molar-refractivity contribution in [1.29, 1.82) is 0 Å². The summed E-state index contributed by atoms with van der Waals surface area (Å²) in [7, 11) is 0. The minimum absolute atomic E-state index is 0.0630. The standard InChI is InChI=1S/C43H46N10O6/c1-26-4-3-15-51(26)25-37-46-33-12-11-30(20-34(33)47-37)45-40(56)28-9-7-27(8-10-28)29-21-44-52(22-29)24-31(54)23-49-16-18-50(19-17-49)35-6-2-5-32-39(35)43(59)53(42(32)58)36-13-14-38(55)48-41(36)57/h2,5-12,20-22,26,31,36,54H,3-4,13-19,23-25H2,1H3,(H,45,56)(H,46,47)(H,48,55,57)/t26-,31?,36?/m0/s1. The number of fused-ring (bicyclic) bond motifs is 2. The molecule has 0 bridgehead atoms. The van der Waals surface area contributed by atoms with Gasteiger partial charge in [-0.15, -0.1) is 0 Å². The van der Waals surface area contributed by atoms with Gasteiger partial charge in [0, 0.05) is 68.2 Å². The lowest BCUT2D eigenvalue weighted by atomic mass is 10.0. The van der Waals surface area contributed by atoms with Gasteiger partial charge in [-0.1, -0.05) is 18.2 Å². The number of nitrogens with zero attached hydrogens (tertiary/aromatic N) is 7. The van der Waals surface area contributed by atoms with Gasteiger partial charge >= 0.3 is 0 Å². The summed E-state index contributed by atoms with van der Waals surface area (Å²) in [6, 6.07) is 17.7. The van der Waals surface area contributed by atoms with E-state index in [2.05, 4.69) is 42.3 Å². The molecule has 9 rings (SSSR count). The summed E-state index contributed by atoms with van der Waals surface area (Å²) >= 11 is 0. The van der Waals surface area contributed by atoms with E-state index in [1.54, 1.807) is 35.1 Å². The Morgan fingerprint density at radius 2 is 1.75 bits per heavy atom. The Balaban J connectivity index is 0.760. The number of aliphatic hydroxyl groups excluding tert-OH is 1. The van der Waals surface area contributed by atoms with Gasteiger partial charge in [0.05, 0.1) is 53.2 Å². The van der Waals surface area contributed by atoms with Crippen LogP contribution in [-0.4, -0.2) is 127 Å². The van der Waals surface area contributed by atoms with Crippen LogP contribution in [0.25, 0.3) is 22.2 Å². The first kappa shape index (κ1) is 38.3. The zero-order valence-electron chi connectivity index (χ0n) is 32.8. The highest BCUT2D eigenvalue weighted by Gasteiger charge is 2.46. The predicted molar refractivity (Wildman–Crippen MR) is 219 cm³/mol. The molecular formula is C43H46N10O6. The van der Waals surface area contributed by atoms with Gasteiger partial charge in [0.25, 0.3) is 17.7 Å². The van der Waals surface area contributed by atoms with E-state index in [1.165, 1.54) is 12.8 Å². The minimum Gasteiger partial charge on any atom is -0.390 e. The van der Waals surface area contributed by atoms with Crippen LogP contribution in [0.1, 0.15) is 69.5 Å². The number of rotatable bonds is 11. The fraction of sp³-hybridized carbons (Fsp3) is 0.372. The lowest BCUT2D eigenvalue weighted by Gasteiger charge is -2.37. The number of carbonyl (C=O) groups excluding carboxylic acids is 5. The van der Waals surface area contributed by atoms with Crippen LogP contribution in [-0.2, 0) is 22.7 Å². The summed E-state index contributed by atoms with van der Waals surface area (Å²) in [5, 5.41) is 20.7. The lowest BCUT2D eigenvalue weighted by molar-refractivity contribution is -0.136. The van der Waals surface area contributed by atoms with Crippen LogP contribution in [0.2, 0.25) is 0 Å². The van der Waals surface area contributed by atoms with Crippen molar-refractivity contribution >= 4 is 51.9 Å². The van der Waals surface area contributed by atoms with Crippen LogP contribution in [0.3, 0.4) is 0 Å². The fourth-order valence-electron chi connectivity index (χ4n) is 8.76. The fourth-order valence-corrected chi connectivity index (χ4v) is 8.76. The van der Waals surface area contributed by atoms with Gasteiger partial charge in [0.2, 0.25) is 11.8 Å². The SMILES string of the molecule is C[C@H]1CCCN1Cc1nc2cc(NC(=O)c3ccc(-c4cnn(CC(O)CN5CCN(c6cccc7c6C(=O)N(C6CCC(=O)NC6=O)C7=O)CC5)c4)cc3)ccc2[nH]1. The molecule has 5 amide bonds. The van der Waals surface area contributed by atoms with Crippen molar-refractivity contribution in [1.82, 2.24) is 39.8 Å². The van der Waals surface area contributed by atoms with Crippen LogP contribution in [0.4, 0.5) is 11.4 Å². The molecular weight excluding hydrogens is 753 g/mol. The van der Waals surface area contributed by atoms with Crippen LogP contribution in [0.15, 0.2) is 73.1 Å². The van der Waals surface area contributed by atoms with Crippen molar-refractivity contribution in [2.45, 2.75) is 63.9 Å². The molecule has 5 aromatic rings. The highest BCUT2D eigenvalue weighted by atomic mass is 16.3. The number of piperazine rings is 1. The Morgan fingerprint density at radius 3 is 2.51 bits per heavy atom. The molecule has 4 N–H and O–H groups in total. The molecule has 0 aliphatic carbocycles. The molecule has 0 spiro atoms. The smallest absolute Gasteiger partial charge is 0.264 e. The number of amides is 5. The first-order chi connectivity index (χ1) is 28.6. The first-order valence-electron chi connectivity index (χ1n) is 20.2. The predicted octanol–water partition coefficient (Wildman–Crippen LogP) is 3.25. The Morgan fingerprint density at radius 1 is 0.932 bits per heavy atom. The molecule has 59 heavy (non-hydrogen) atoms. The number of imide groups is 2. The molecule has 2 aromatic heterocycles. The minimum atomic E-state index is -1.02. The monoisotopic (exact) mass is 798 g/mol. The molecule has 0 radical (unpaired) electrons. The van der Waals surface area contributed by atoms with Crippen LogP contribution >= 0.6 is 0 Å². The zero-order chi connectivity index (χ0) is 40.8. The maximum absolute atomic E-state index is 13.6. The molecule has 3 aromatic carbocycles. The molecule has 16 nitrogen and oxygen atoms in total. The number of H-pyrrole nitrogens is 1. The number of hydrogen-bond acceptors (Lipinski definition) is 11. The number of carbonyl (C=O) groups is 5. The number of piperidine rings is 1. The topological polar surface area (TPSA) is 189 Å². The van der Waals surface area contributed by atoms with E-state index in [1.807, 2.05) is 42.6 Å². The summed E-state index contributed by atoms with van der Waals surface area (Å²) < 4.78 is 1.71. The second-order valence-corrected chi connectivity index (χ2v) is 15.9. The molecule has 2 unspecified atom stereocenters. The van der Waals surface area contributed by atoms with E-state index >= 15 is 0 Å². The van der Waals surface area contributed by atoms with Crippen molar-refractivity contribution in [2.75, 3.05) is 49.5 Å². The van der Waals surface area contributed by atoms with E-state index in [9.17, 15) is 29.1 Å². The Hall–Kier alpha value is -6.23. The molecule has 6 heterocycles. The van der Waals surface area contributed by atoms with Crippen LogP contribution < -0.4 is 15.5 Å². The molecule has 0 saturated carbocycles. The summed E-state index contributed by atoms with van der Waals surface area (Å²) in [5.41, 5.74) is 5.88. The maximum atomic E-state index is 13.6. The molecule has 16 heteroatoms. The second-order valence-electron chi connectivity index (χ2n) is 15.9. The largest absolute Gasteiger partial charge is 0.390 e. The van der Waals surface area contributed by atoms with Gasteiger partial charge in [-0.25, -0.2) is 4.98 Å². The number of aliphatic hydroxyl groups is 1. The molecule has 3 saturated heterocycles. The first-order valence-corrected chi connectivity index (χ1v) is 20.2. The molecule has 4 aliphatic heterocycles. The second kappa shape index (κ2) is 15.8. The number of aromatic nitrogens is 4. The zero-order valence-corrected chi connectivity index (χ0v) is 32.8. The van der Waals surface area contributed by atoms with Gasteiger partial charge in [-0.2, -0.15) is 5.10 Å². The van der Waals surface area contributed by atoms with Gasteiger partial charge in [0.15, 0.2) is 0 Å². The van der Waals surface area contributed by atoms with Gasteiger partial charge < -0.3 is 20.3 Å². The third kappa shape index (κ3) is 7.73. The number of likely N-dealkylation sites (tertiary alicyclic amines) is 1. The van der Waals surface area contributed by atoms with Gasteiger partial charge in [-0.05, 0) is 80.8 Å². The Kier molecular flexibility index (Phi) is 10.3. The average Bonchev–Trinajstić information content (AvgIpc) is 4.02. The Labute approximate surface area is 340 Å². The number of anilines is 2. The summed E-state index contributed by atoms with van der Waals surface area (Å²) in [6.07, 6.45) is 5.51. The summed E-state index contributed by atoms with van der Waals surface area (Å²) in [5.74, 6) is -1.39. The highest BCUT2D eigenvalue weighted by molar-refractivity contribution is 6.25. The third-order valence-electron chi connectivity index (χ3n) is 12.0. The number of nitrogens with one attached hydrogen (secondary N) is 3. The number of imidazole rings is 1. The maximum Gasteiger partial charge on any atom is 0.264 e. The summed E-state index contributed by atoms with van der Waals surface area (Å²) in [4.78, 5) is 80.1. The van der Waals surface area contributed by atoms with Crippen molar-refractivity contribution in [2.24, 2.45) is 0 Å². The van der Waals surface area contributed by atoms with Crippen LogP contribution in [0.5, 0.6) is 0 Å². The van der Waals surface area contributed by atoms with Crippen LogP contribution in [0, 0.1) is 0 Å². The van der Waals surface area contributed by atoms with Crippen molar-refractivity contribution in [3.63, 3.8) is 0 Å². The number of benzene rings is 3. The van der Waals surface area contributed by atoms with E-state index in [0.29, 0.717) is 62.2 Å². The van der Waals surface area contributed by atoms with E-state index < -0.39 is 35.8 Å². The third-order valence-corrected chi connectivity index (χ3v) is 12.0. The van der Waals surface area contributed by atoms with Crippen molar-refractivity contribution in [3.05, 3.63) is 95.6 Å². The van der Waals surface area contributed by atoms with Crippen molar-refractivity contribution < 1.29 is 29.1 Å². The lowest BCUT2D eigenvalue weighted by Crippen LogP contribution is -2.54. The van der Waals surface area contributed by atoms with Gasteiger partial charge in [0.1, 0.15) is 11.9 Å². The number of hydrogen-bond donors (Lipinski definition) is 4. The van der Waals surface area contributed by atoms with Gasteiger partial charge in [-0.3, -0.25) is 48.7 Å². The van der Waals surface area contributed by atoms with Crippen molar-refractivity contribution in [3.8, 4) is 11.1 Å². The van der Waals surface area contributed by atoms with E-state index in [4.69, 9.17) is 4.98 Å². The molecule has 3 atom stereocenters. The normalized spacial score (nSPS) is 20.7. The quantitative estimate of drug-likeness (QED) is 0.144. The average molecular weight is 799 g/mol. The summed E-state index contributed by atoms with van der Waals surface area (Å²) in [6.45, 7) is 7.23. The number of β-amino-alcohol motifs (C(OH)–C–C–N with tert-alkyl or cyclic N) is 1. The molecule has 304 valence electrons. The molecule has 3 fully saturated rings.